The number of hydrogen-bond donors (Lipinski definition) is 2. The molecule has 0 unspecified atom stereocenters. The van der Waals surface area contributed by atoms with Gasteiger partial charge in [0, 0.05) is 11.1 Å². The number of carboxylic acid groups (broad SMARTS) is 1. The molecule has 0 aliphatic carbocycles. The third-order valence-corrected chi connectivity index (χ3v) is 4.02. The van der Waals surface area contributed by atoms with Crippen molar-refractivity contribution in [3.05, 3.63) is 40.9 Å². The predicted octanol–water partition coefficient (Wildman–Crippen LogP) is 3.81. The number of anilines is 2. The maximum Gasteiger partial charge on any atom is 0.315 e. The second-order valence-electron chi connectivity index (χ2n) is 5.15. The third-order valence-electron chi connectivity index (χ3n) is 3.27. The van der Waals surface area contributed by atoms with E-state index in [0.717, 1.165) is 12.1 Å². The van der Waals surface area contributed by atoms with E-state index in [9.17, 15) is 9.90 Å². The molecule has 0 atom stereocenters. The first-order chi connectivity index (χ1) is 9.43. The fraction of sp³-hybridized carbons (Fsp3) is 0.333. The summed E-state index contributed by atoms with van der Waals surface area (Å²) in [5.41, 5.74) is 1.82. The first kappa shape index (κ1) is 14.5. The number of aromatic nitrogens is 1. The van der Waals surface area contributed by atoms with E-state index in [1.165, 1.54) is 16.9 Å². The molecule has 1 heterocycles. The van der Waals surface area contributed by atoms with Crippen LogP contribution in [0.3, 0.4) is 0 Å². The molecule has 0 fully saturated rings. The molecule has 4 nitrogen and oxygen atoms in total. The van der Waals surface area contributed by atoms with Gasteiger partial charge < -0.3 is 10.4 Å². The Morgan fingerprint density at radius 1 is 1.45 bits per heavy atom. The molecule has 0 bridgehead atoms. The highest BCUT2D eigenvalue weighted by Crippen LogP contribution is 2.29. The van der Waals surface area contributed by atoms with Crippen LogP contribution >= 0.6 is 11.3 Å². The summed E-state index contributed by atoms with van der Waals surface area (Å²) in [4.78, 5) is 15.6. The number of benzene rings is 1. The number of rotatable bonds is 5. The molecule has 2 aromatic rings. The van der Waals surface area contributed by atoms with E-state index in [1.807, 2.05) is 12.1 Å². The van der Waals surface area contributed by atoms with Gasteiger partial charge in [0.25, 0.3) is 0 Å². The molecule has 0 aliphatic rings. The van der Waals surface area contributed by atoms with Gasteiger partial charge in [-0.25, -0.2) is 4.98 Å². The summed E-state index contributed by atoms with van der Waals surface area (Å²) in [7, 11) is 0. The molecule has 0 saturated heterocycles. The standard InChI is InChI=1S/C15H18N2O2S/c1-4-10-6-5-7-11(8-10)16-14-17-12(9-20-14)15(2,3)13(18)19/h5-9H,4H2,1-3H3,(H,16,17)(H,18,19). The summed E-state index contributed by atoms with van der Waals surface area (Å²) in [5.74, 6) is -0.873. The Hall–Kier alpha value is -1.88. The number of aliphatic carboxylic acids is 1. The number of carboxylic acids is 1. The number of hydrogen-bond acceptors (Lipinski definition) is 4. The van der Waals surface area contributed by atoms with Gasteiger partial charge in [-0.3, -0.25) is 4.79 Å². The number of aryl methyl sites for hydroxylation is 1. The smallest absolute Gasteiger partial charge is 0.315 e. The average molecular weight is 290 g/mol. The van der Waals surface area contributed by atoms with Gasteiger partial charge in [-0.2, -0.15) is 0 Å². The van der Waals surface area contributed by atoms with Gasteiger partial charge in [-0.05, 0) is 38.0 Å². The van der Waals surface area contributed by atoms with Crippen molar-refractivity contribution in [2.24, 2.45) is 0 Å². The van der Waals surface area contributed by atoms with E-state index < -0.39 is 11.4 Å². The zero-order valence-corrected chi connectivity index (χ0v) is 12.6. The Kier molecular flexibility index (Phi) is 4.09. The molecule has 0 amide bonds. The minimum absolute atomic E-state index is 0.573. The Labute approximate surface area is 122 Å². The molecule has 2 N–H and O–H groups in total. The molecule has 1 aromatic carbocycles. The van der Waals surface area contributed by atoms with E-state index in [0.29, 0.717) is 10.8 Å². The molecule has 0 spiro atoms. The maximum atomic E-state index is 11.2. The van der Waals surface area contributed by atoms with Crippen molar-refractivity contribution < 1.29 is 9.90 Å². The van der Waals surface area contributed by atoms with Crippen LogP contribution in [0.1, 0.15) is 32.0 Å². The number of thiazole rings is 1. The van der Waals surface area contributed by atoms with Gasteiger partial charge in [0.15, 0.2) is 5.13 Å². The van der Waals surface area contributed by atoms with Gasteiger partial charge in [-0.15, -0.1) is 11.3 Å². The molecule has 2 rings (SSSR count). The van der Waals surface area contributed by atoms with Crippen molar-refractivity contribution in [1.82, 2.24) is 4.98 Å². The van der Waals surface area contributed by atoms with Gasteiger partial charge in [0.2, 0.25) is 0 Å². The quantitative estimate of drug-likeness (QED) is 0.879. The second-order valence-corrected chi connectivity index (χ2v) is 6.01. The fourth-order valence-electron chi connectivity index (χ4n) is 1.72. The van der Waals surface area contributed by atoms with Gasteiger partial charge in [-0.1, -0.05) is 19.1 Å². The second kappa shape index (κ2) is 5.63. The molecule has 0 radical (unpaired) electrons. The van der Waals surface area contributed by atoms with Crippen LogP contribution in [0, 0.1) is 0 Å². The van der Waals surface area contributed by atoms with Crippen LogP contribution in [0.4, 0.5) is 10.8 Å². The van der Waals surface area contributed by atoms with Crippen molar-refractivity contribution in [3.63, 3.8) is 0 Å². The highest BCUT2D eigenvalue weighted by atomic mass is 32.1. The molecule has 1 aromatic heterocycles. The van der Waals surface area contributed by atoms with E-state index >= 15 is 0 Å². The summed E-state index contributed by atoms with van der Waals surface area (Å²) < 4.78 is 0. The summed E-state index contributed by atoms with van der Waals surface area (Å²) >= 11 is 1.42. The fourth-order valence-corrected chi connectivity index (χ4v) is 2.62. The summed E-state index contributed by atoms with van der Waals surface area (Å²) in [6, 6.07) is 8.12. The Bertz CT molecular complexity index is 620. The number of nitrogens with zero attached hydrogens (tertiary/aromatic N) is 1. The predicted molar refractivity (Wildman–Crippen MR) is 81.9 cm³/mol. The van der Waals surface area contributed by atoms with E-state index in [4.69, 9.17) is 0 Å². The number of nitrogens with one attached hydrogen (secondary N) is 1. The summed E-state index contributed by atoms with van der Waals surface area (Å²) in [6.07, 6.45) is 0.977. The van der Waals surface area contributed by atoms with E-state index in [-0.39, 0.29) is 0 Å². The van der Waals surface area contributed by atoms with Gasteiger partial charge in [0.05, 0.1) is 5.69 Å². The number of carbonyl (C=O) groups is 1. The Balaban J connectivity index is 2.19. The zero-order chi connectivity index (χ0) is 14.8. The lowest BCUT2D eigenvalue weighted by atomic mass is 9.90. The van der Waals surface area contributed by atoms with Crippen molar-refractivity contribution in [3.8, 4) is 0 Å². The lowest BCUT2D eigenvalue weighted by Gasteiger charge is -2.15. The van der Waals surface area contributed by atoms with Crippen LogP contribution in [-0.2, 0) is 16.6 Å². The molecular formula is C15H18N2O2S. The van der Waals surface area contributed by atoms with Crippen molar-refractivity contribution in [1.29, 1.82) is 0 Å². The zero-order valence-electron chi connectivity index (χ0n) is 11.8. The molecule has 0 saturated carbocycles. The summed E-state index contributed by atoms with van der Waals surface area (Å²) in [5, 5.41) is 14.9. The minimum atomic E-state index is -0.971. The maximum absolute atomic E-state index is 11.2. The van der Waals surface area contributed by atoms with Crippen LogP contribution < -0.4 is 5.32 Å². The van der Waals surface area contributed by atoms with Crippen molar-refractivity contribution >= 4 is 28.1 Å². The van der Waals surface area contributed by atoms with Crippen molar-refractivity contribution in [2.45, 2.75) is 32.6 Å². The average Bonchev–Trinajstić information content (AvgIpc) is 2.88. The van der Waals surface area contributed by atoms with E-state index in [1.54, 1.807) is 19.2 Å². The molecule has 5 heteroatoms. The van der Waals surface area contributed by atoms with Crippen LogP contribution in [0.15, 0.2) is 29.6 Å². The van der Waals surface area contributed by atoms with Gasteiger partial charge >= 0.3 is 5.97 Å². The third kappa shape index (κ3) is 2.99. The molecular weight excluding hydrogens is 272 g/mol. The van der Waals surface area contributed by atoms with Gasteiger partial charge in [0.1, 0.15) is 5.41 Å². The Morgan fingerprint density at radius 2 is 2.20 bits per heavy atom. The van der Waals surface area contributed by atoms with Crippen molar-refractivity contribution in [2.75, 3.05) is 5.32 Å². The van der Waals surface area contributed by atoms with Crippen LogP contribution in [-0.4, -0.2) is 16.1 Å². The monoisotopic (exact) mass is 290 g/mol. The SMILES string of the molecule is CCc1cccc(Nc2nc(C(C)(C)C(=O)O)cs2)c1. The van der Waals surface area contributed by atoms with Crippen LogP contribution in [0.5, 0.6) is 0 Å². The largest absolute Gasteiger partial charge is 0.481 e. The molecule has 20 heavy (non-hydrogen) atoms. The summed E-state index contributed by atoms with van der Waals surface area (Å²) in [6.45, 7) is 5.42. The normalized spacial score (nSPS) is 11.3. The topological polar surface area (TPSA) is 62.2 Å². The van der Waals surface area contributed by atoms with Crippen LogP contribution in [0.2, 0.25) is 0 Å². The minimum Gasteiger partial charge on any atom is -0.481 e. The lowest BCUT2D eigenvalue weighted by molar-refractivity contribution is -0.142. The van der Waals surface area contributed by atoms with E-state index in [2.05, 4.69) is 29.4 Å². The van der Waals surface area contributed by atoms with Crippen LogP contribution in [0.25, 0.3) is 0 Å². The lowest BCUT2D eigenvalue weighted by Crippen LogP contribution is -2.28. The molecule has 0 aliphatic heterocycles. The highest BCUT2D eigenvalue weighted by molar-refractivity contribution is 7.13. The molecule has 106 valence electrons. The first-order valence-electron chi connectivity index (χ1n) is 6.49. The highest BCUT2D eigenvalue weighted by Gasteiger charge is 2.32. The Morgan fingerprint density at radius 3 is 2.85 bits per heavy atom. The first-order valence-corrected chi connectivity index (χ1v) is 7.37.